The number of Topliss-reactive ketones (excluding diaryl/α,β-unsaturated/α-hetero) is 4. The second kappa shape index (κ2) is 7.05. The molecule has 9 heteroatoms. The molecule has 9 nitrogen and oxygen atoms in total. The van der Waals surface area contributed by atoms with Crippen LogP contribution in [0, 0.1) is 23.7 Å². The van der Waals surface area contributed by atoms with Gasteiger partial charge in [0, 0.05) is 23.8 Å². The Morgan fingerprint density at radius 1 is 1.15 bits per heavy atom. The third-order valence-corrected chi connectivity index (χ3v) is 8.54. The molecule has 1 aromatic rings. The van der Waals surface area contributed by atoms with Gasteiger partial charge in [0.25, 0.3) is 0 Å². The van der Waals surface area contributed by atoms with E-state index in [-0.39, 0.29) is 11.0 Å². The van der Waals surface area contributed by atoms with E-state index in [9.17, 15) is 34.2 Å². The highest BCUT2D eigenvalue weighted by Gasteiger charge is 2.70. The van der Waals surface area contributed by atoms with E-state index in [0.717, 1.165) is 12.0 Å². The Hall–Kier alpha value is -2.91. The summed E-state index contributed by atoms with van der Waals surface area (Å²) in [5, 5.41) is 22.6. The quantitative estimate of drug-likeness (QED) is 0.492. The molecule has 0 saturated heterocycles. The zero-order valence-corrected chi connectivity index (χ0v) is 19.2. The lowest BCUT2D eigenvalue weighted by Crippen LogP contribution is -2.72. The van der Waals surface area contributed by atoms with Gasteiger partial charge in [-0.1, -0.05) is 32.9 Å². The van der Waals surface area contributed by atoms with E-state index in [4.69, 9.17) is 10.5 Å². The smallest absolute Gasteiger partial charge is 0.235 e. The molecule has 1 aliphatic heterocycles. The van der Waals surface area contributed by atoms with E-state index < -0.39 is 76.8 Å². The van der Waals surface area contributed by atoms with Gasteiger partial charge in [-0.3, -0.25) is 24.0 Å². The molecular weight excluding hydrogens is 442 g/mol. The lowest BCUT2D eigenvalue weighted by Gasteiger charge is -2.53. The van der Waals surface area contributed by atoms with E-state index in [2.05, 4.69) is 0 Å². The minimum atomic E-state index is -2.85. The van der Waals surface area contributed by atoms with Gasteiger partial charge in [0.1, 0.15) is 5.75 Å². The highest BCUT2D eigenvalue weighted by Crippen LogP contribution is 2.55. The van der Waals surface area contributed by atoms with Crippen LogP contribution >= 0.6 is 0 Å². The van der Waals surface area contributed by atoms with Crippen molar-refractivity contribution in [3.8, 4) is 5.75 Å². The summed E-state index contributed by atoms with van der Waals surface area (Å²) in [6.45, 7) is 6.22. The van der Waals surface area contributed by atoms with E-state index in [1.165, 1.54) is 0 Å². The van der Waals surface area contributed by atoms with Crippen molar-refractivity contribution in [2.24, 2.45) is 29.4 Å². The normalized spacial score (nSPS) is 38.3. The van der Waals surface area contributed by atoms with E-state index in [1.54, 1.807) is 6.92 Å². The molecule has 0 aromatic heterocycles. The number of ketones is 4. The van der Waals surface area contributed by atoms with Crippen LogP contribution in [0.1, 0.15) is 61.0 Å². The lowest BCUT2D eigenvalue weighted by molar-refractivity contribution is -0.189. The molecule has 7 atom stereocenters. The second-order valence-corrected chi connectivity index (χ2v) is 10.7. The minimum Gasteiger partial charge on any atom is -0.492 e. The van der Waals surface area contributed by atoms with Gasteiger partial charge >= 0.3 is 0 Å². The molecule has 0 bridgehead atoms. The van der Waals surface area contributed by atoms with Crippen molar-refractivity contribution in [3.05, 3.63) is 28.8 Å². The Bertz CT molecular complexity index is 1190. The van der Waals surface area contributed by atoms with Crippen LogP contribution in [0.25, 0.3) is 0 Å². The van der Waals surface area contributed by atoms with Crippen LogP contribution < -0.4 is 10.5 Å². The summed E-state index contributed by atoms with van der Waals surface area (Å²) in [7, 11) is 0. The number of fused-ring (bicyclic) bond motifs is 5. The van der Waals surface area contributed by atoms with Gasteiger partial charge in [-0.05, 0) is 23.3 Å². The molecule has 1 heterocycles. The van der Waals surface area contributed by atoms with Gasteiger partial charge < -0.3 is 20.7 Å². The minimum absolute atomic E-state index is 0.229. The van der Waals surface area contributed by atoms with Crippen LogP contribution in [0.5, 0.6) is 5.75 Å². The molecule has 0 radical (unpaired) electrons. The zero-order valence-electron chi connectivity index (χ0n) is 19.2. The Labute approximate surface area is 195 Å². The van der Waals surface area contributed by atoms with E-state index >= 15 is 0 Å². The fourth-order valence-electron chi connectivity index (χ4n) is 6.57. The first kappa shape index (κ1) is 22.9. The number of rotatable bonds is 1. The molecule has 0 spiro atoms. The third-order valence-electron chi connectivity index (χ3n) is 8.54. The van der Waals surface area contributed by atoms with E-state index in [1.807, 2.05) is 26.0 Å². The number of carbonyl (C=O) groups is 5. The molecule has 3 aliphatic carbocycles. The summed E-state index contributed by atoms with van der Waals surface area (Å²) < 4.78 is 5.90. The summed E-state index contributed by atoms with van der Waals surface area (Å²) in [5.74, 6) is -11.2. The topological polar surface area (TPSA) is 161 Å². The number of hydrogen-bond acceptors (Lipinski definition) is 8. The van der Waals surface area contributed by atoms with Gasteiger partial charge in [0.15, 0.2) is 34.7 Å². The molecule has 4 aliphatic rings. The number of benzene rings is 1. The number of hydrogen-bond donors (Lipinski definition) is 3. The standard InChI is InChI=1S/C25H27NO8/c1-9-10-4-5-11-20(34-7-6-24(11,2)3)15(10)19(29)17-14(9)18(28)12-8-13(27)16(23(26)32)21(30)25(12,33)22(17)31/h4-5,9,12,14,16-18,28,33H,6-8H2,1-3H3,(H2,26,32)/t9-,12+,14+,16?,17?,18+,25+/m0/s1. The number of primary amides is 1. The fraction of sp³-hybridized carbons (Fsp3) is 0.560. The molecule has 1 aromatic carbocycles. The molecule has 1 amide bonds. The highest BCUT2D eigenvalue weighted by atomic mass is 16.5. The van der Waals surface area contributed by atoms with Crippen LogP contribution in [0.2, 0.25) is 0 Å². The van der Waals surface area contributed by atoms with Crippen LogP contribution in [0.15, 0.2) is 12.1 Å². The maximum atomic E-state index is 13.8. The molecule has 2 unspecified atom stereocenters. The average molecular weight is 469 g/mol. The van der Waals surface area contributed by atoms with Crippen molar-refractivity contribution in [3.63, 3.8) is 0 Å². The third kappa shape index (κ3) is 2.65. The zero-order chi connectivity index (χ0) is 24.9. The van der Waals surface area contributed by atoms with Crippen molar-refractivity contribution in [1.82, 2.24) is 0 Å². The van der Waals surface area contributed by atoms with Crippen LogP contribution in [0.4, 0.5) is 0 Å². The molecule has 4 N–H and O–H groups in total. The Balaban J connectivity index is 1.68. The van der Waals surface area contributed by atoms with Crippen molar-refractivity contribution < 1.29 is 38.9 Å². The van der Waals surface area contributed by atoms with E-state index in [0.29, 0.717) is 17.9 Å². The molecule has 180 valence electrons. The first-order valence-electron chi connectivity index (χ1n) is 11.5. The largest absolute Gasteiger partial charge is 0.492 e. The number of ether oxygens (including phenoxy) is 1. The molecule has 2 saturated carbocycles. The fourth-order valence-corrected chi connectivity index (χ4v) is 6.57. The monoisotopic (exact) mass is 469 g/mol. The first-order valence-corrected chi connectivity index (χ1v) is 11.5. The van der Waals surface area contributed by atoms with Gasteiger partial charge in [-0.2, -0.15) is 0 Å². The summed E-state index contributed by atoms with van der Waals surface area (Å²) in [6.07, 6.45) is -1.33. The van der Waals surface area contributed by atoms with Gasteiger partial charge in [0.2, 0.25) is 5.91 Å². The summed E-state index contributed by atoms with van der Waals surface area (Å²) in [6, 6.07) is 3.71. The van der Waals surface area contributed by atoms with Crippen molar-refractivity contribution in [2.45, 2.75) is 56.7 Å². The van der Waals surface area contributed by atoms with Crippen LogP contribution in [0.3, 0.4) is 0 Å². The van der Waals surface area contributed by atoms with Gasteiger partial charge in [0.05, 0.1) is 24.2 Å². The summed E-state index contributed by atoms with van der Waals surface area (Å²) in [5.41, 5.74) is 3.76. The van der Waals surface area contributed by atoms with Crippen molar-refractivity contribution >= 4 is 29.0 Å². The summed E-state index contributed by atoms with van der Waals surface area (Å²) >= 11 is 0. The number of aliphatic hydroxyl groups is 2. The Kier molecular flexibility index (Phi) is 4.74. The number of nitrogens with two attached hydrogens (primary N) is 1. The summed E-state index contributed by atoms with van der Waals surface area (Å²) in [4.78, 5) is 64.9. The SMILES string of the molecule is C[C@H]1c2ccc3c(c2C(=O)C2C(=O)[C@]4(O)C(=O)C(C(N)=O)C(=O)C[C@@H]4[C@@H](O)[C@@H]21)OCCC3(C)C. The molecular formula is C25H27NO8. The number of aliphatic hydroxyl groups excluding tert-OH is 1. The Morgan fingerprint density at radius 3 is 2.47 bits per heavy atom. The van der Waals surface area contributed by atoms with Gasteiger partial charge in [-0.15, -0.1) is 0 Å². The number of amides is 1. The van der Waals surface area contributed by atoms with Crippen molar-refractivity contribution in [1.29, 1.82) is 0 Å². The number of carbonyl (C=O) groups excluding carboxylic acids is 5. The Morgan fingerprint density at radius 2 is 1.82 bits per heavy atom. The average Bonchev–Trinajstić information content (AvgIpc) is 2.75. The first-order chi connectivity index (χ1) is 15.8. The van der Waals surface area contributed by atoms with Crippen LogP contribution in [-0.4, -0.2) is 57.6 Å². The lowest BCUT2D eigenvalue weighted by atomic mass is 9.50. The maximum absolute atomic E-state index is 13.8. The molecule has 34 heavy (non-hydrogen) atoms. The maximum Gasteiger partial charge on any atom is 0.235 e. The molecule has 2 fully saturated rings. The second-order valence-electron chi connectivity index (χ2n) is 10.7. The highest BCUT2D eigenvalue weighted by molar-refractivity contribution is 6.31. The van der Waals surface area contributed by atoms with Crippen molar-refractivity contribution in [2.75, 3.05) is 6.61 Å². The van der Waals surface area contributed by atoms with Gasteiger partial charge in [-0.25, -0.2) is 0 Å². The molecule has 5 rings (SSSR count). The van der Waals surface area contributed by atoms with Crippen LogP contribution in [-0.2, 0) is 24.6 Å². The predicted octanol–water partition coefficient (Wildman–Crippen LogP) is 0.213. The predicted molar refractivity (Wildman–Crippen MR) is 116 cm³/mol.